The molecular formula is C21H20N4O3. The van der Waals surface area contributed by atoms with Crippen molar-refractivity contribution in [2.75, 3.05) is 12.1 Å². The molecule has 0 unspecified atom stereocenters. The number of hydrogen-bond donors (Lipinski definition) is 2. The molecule has 2 aromatic carbocycles. The molecule has 142 valence electrons. The molecule has 0 bridgehead atoms. The molecule has 1 aliphatic heterocycles. The highest BCUT2D eigenvalue weighted by molar-refractivity contribution is 5.93. The van der Waals surface area contributed by atoms with Crippen molar-refractivity contribution in [1.29, 1.82) is 0 Å². The van der Waals surface area contributed by atoms with Crippen LogP contribution in [-0.4, -0.2) is 22.7 Å². The lowest BCUT2D eigenvalue weighted by Gasteiger charge is -2.08. The van der Waals surface area contributed by atoms with Crippen molar-refractivity contribution >= 4 is 11.9 Å². The molecule has 1 aliphatic rings. The van der Waals surface area contributed by atoms with Crippen molar-refractivity contribution in [3.8, 4) is 11.5 Å². The second kappa shape index (κ2) is 7.96. The van der Waals surface area contributed by atoms with Gasteiger partial charge < -0.3 is 20.1 Å². The van der Waals surface area contributed by atoms with E-state index < -0.39 is 0 Å². The van der Waals surface area contributed by atoms with E-state index in [1.54, 1.807) is 0 Å². The number of rotatable bonds is 6. The van der Waals surface area contributed by atoms with Crippen molar-refractivity contribution < 1.29 is 14.3 Å². The Balaban J connectivity index is 1.30. The zero-order chi connectivity index (χ0) is 19.3. The van der Waals surface area contributed by atoms with Crippen LogP contribution in [0.2, 0.25) is 0 Å². The van der Waals surface area contributed by atoms with Crippen molar-refractivity contribution in [3.63, 3.8) is 0 Å². The molecule has 0 atom stereocenters. The summed E-state index contributed by atoms with van der Waals surface area (Å²) in [5, 5.41) is 6.00. The van der Waals surface area contributed by atoms with Gasteiger partial charge in [0, 0.05) is 25.5 Å². The molecule has 1 aromatic heterocycles. The number of carbonyl (C=O) groups is 1. The highest BCUT2D eigenvalue weighted by Gasteiger charge is 2.13. The van der Waals surface area contributed by atoms with E-state index in [0.29, 0.717) is 24.6 Å². The van der Waals surface area contributed by atoms with Crippen LogP contribution in [0.15, 0.2) is 54.9 Å². The minimum absolute atomic E-state index is 0.206. The summed E-state index contributed by atoms with van der Waals surface area (Å²) in [4.78, 5) is 20.7. The number of nitrogens with one attached hydrogen (secondary N) is 2. The first-order valence-electron chi connectivity index (χ1n) is 8.95. The predicted octanol–water partition coefficient (Wildman–Crippen LogP) is 3.06. The van der Waals surface area contributed by atoms with Gasteiger partial charge in [-0.2, -0.15) is 0 Å². The summed E-state index contributed by atoms with van der Waals surface area (Å²) in [5.74, 6) is 1.73. The smallest absolute Gasteiger partial charge is 0.254 e. The second-order valence-corrected chi connectivity index (χ2v) is 6.50. The summed E-state index contributed by atoms with van der Waals surface area (Å²) in [6.45, 7) is 3.28. The number of aryl methyl sites for hydroxylation is 1. The Morgan fingerprint density at radius 2 is 1.68 bits per heavy atom. The van der Waals surface area contributed by atoms with Gasteiger partial charge in [0.2, 0.25) is 12.7 Å². The average Bonchev–Trinajstić information content (AvgIpc) is 3.20. The topological polar surface area (TPSA) is 85.4 Å². The Bertz CT molecular complexity index is 972. The number of benzene rings is 2. The average molecular weight is 376 g/mol. The zero-order valence-corrected chi connectivity index (χ0v) is 15.4. The molecule has 7 nitrogen and oxygen atoms in total. The van der Waals surface area contributed by atoms with Crippen LogP contribution in [0.4, 0.5) is 5.95 Å². The fourth-order valence-corrected chi connectivity index (χ4v) is 2.76. The third kappa shape index (κ3) is 4.20. The summed E-state index contributed by atoms with van der Waals surface area (Å²) in [6.07, 6.45) is 3.03. The van der Waals surface area contributed by atoms with Crippen LogP contribution in [0, 0.1) is 6.92 Å². The summed E-state index contributed by atoms with van der Waals surface area (Å²) >= 11 is 0. The van der Waals surface area contributed by atoms with Crippen molar-refractivity contribution in [1.82, 2.24) is 15.3 Å². The molecule has 3 aromatic rings. The number of anilines is 1. The van der Waals surface area contributed by atoms with Gasteiger partial charge >= 0.3 is 0 Å². The van der Waals surface area contributed by atoms with Crippen molar-refractivity contribution in [2.45, 2.75) is 20.0 Å². The summed E-state index contributed by atoms with van der Waals surface area (Å²) in [7, 11) is 0. The largest absolute Gasteiger partial charge is 0.454 e. The van der Waals surface area contributed by atoms with E-state index in [1.807, 2.05) is 49.4 Å². The number of aromatic nitrogens is 2. The minimum atomic E-state index is -0.206. The standard InChI is InChI=1S/C21H20N4O3/c1-14-2-4-15(5-3-14)9-22-20(26)17-11-24-21(25-12-17)23-10-16-6-7-18-19(8-16)28-13-27-18/h2-8,11-12H,9-10,13H2,1H3,(H,22,26)(H,23,24,25). The molecule has 0 saturated heterocycles. The van der Waals surface area contributed by atoms with Crippen molar-refractivity contribution in [2.24, 2.45) is 0 Å². The molecule has 0 radical (unpaired) electrons. The van der Waals surface area contributed by atoms with Crippen molar-refractivity contribution in [3.05, 3.63) is 77.1 Å². The van der Waals surface area contributed by atoms with E-state index in [1.165, 1.54) is 18.0 Å². The minimum Gasteiger partial charge on any atom is -0.454 e. The quantitative estimate of drug-likeness (QED) is 0.688. The SMILES string of the molecule is Cc1ccc(CNC(=O)c2cnc(NCc3ccc4c(c3)OCO4)nc2)cc1. The monoisotopic (exact) mass is 376 g/mol. The number of hydrogen-bond acceptors (Lipinski definition) is 6. The van der Waals surface area contributed by atoms with E-state index in [-0.39, 0.29) is 12.7 Å². The highest BCUT2D eigenvalue weighted by atomic mass is 16.7. The van der Waals surface area contributed by atoms with Gasteiger partial charge in [-0.15, -0.1) is 0 Å². The third-order valence-corrected chi connectivity index (χ3v) is 4.38. The molecule has 1 amide bonds. The third-order valence-electron chi connectivity index (χ3n) is 4.38. The van der Waals surface area contributed by atoms with Gasteiger partial charge in [0.15, 0.2) is 11.5 Å². The summed E-state index contributed by atoms with van der Waals surface area (Å²) in [5.41, 5.74) is 3.67. The van der Waals surface area contributed by atoms with E-state index in [2.05, 4.69) is 20.6 Å². The normalized spacial score (nSPS) is 11.9. The number of carbonyl (C=O) groups excluding carboxylic acids is 1. The van der Waals surface area contributed by atoms with Crippen LogP contribution in [0.5, 0.6) is 11.5 Å². The van der Waals surface area contributed by atoms with Gasteiger partial charge in [-0.1, -0.05) is 35.9 Å². The van der Waals surface area contributed by atoms with Crippen LogP contribution in [-0.2, 0) is 13.1 Å². The Labute approximate surface area is 162 Å². The maximum atomic E-state index is 12.2. The number of nitrogens with zero attached hydrogens (tertiary/aromatic N) is 2. The zero-order valence-electron chi connectivity index (χ0n) is 15.4. The molecule has 0 aliphatic carbocycles. The van der Waals surface area contributed by atoms with Crippen LogP contribution in [0.25, 0.3) is 0 Å². The Morgan fingerprint density at radius 3 is 2.46 bits per heavy atom. The van der Waals surface area contributed by atoms with E-state index in [4.69, 9.17) is 9.47 Å². The molecule has 0 fully saturated rings. The number of amides is 1. The van der Waals surface area contributed by atoms with Crippen LogP contribution in [0.3, 0.4) is 0 Å². The van der Waals surface area contributed by atoms with E-state index >= 15 is 0 Å². The number of fused-ring (bicyclic) bond motifs is 1. The maximum Gasteiger partial charge on any atom is 0.254 e. The summed E-state index contributed by atoms with van der Waals surface area (Å²) in [6, 6.07) is 13.8. The van der Waals surface area contributed by atoms with Crippen LogP contribution in [0.1, 0.15) is 27.0 Å². The lowest BCUT2D eigenvalue weighted by Crippen LogP contribution is -2.23. The van der Waals surface area contributed by atoms with Gasteiger partial charge in [-0.3, -0.25) is 4.79 Å². The lowest BCUT2D eigenvalue weighted by molar-refractivity contribution is 0.0950. The van der Waals surface area contributed by atoms with Gasteiger partial charge in [-0.05, 0) is 30.2 Å². The van der Waals surface area contributed by atoms with Gasteiger partial charge in [-0.25, -0.2) is 9.97 Å². The van der Waals surface area contributed by atoms with E-state index in [0.717, 1.165) is 22.6 Å². The Kier molecular flexibility index (Phi) is 5.05. The molecule has 2 N–H and O–H groups in total. The highest BCUT2D eigenvalue weighted by Crippen LogP contribution is 2.32. The second-order valence-electron chi connectivity index (χ2n) is 6.50. The molecule has 0 saturated carbocycles. The maximum absolute atomic E-state index is 12.2. The first-order chi connectivity index (χ1) is 13.7. The molecule has 2 heterocycles. The van der Waals surface area contributed by atoms with Gasteiger partial charge in [0.05, 0.1) is 5.56 Å². The fraction of sp³-hybridized carbons (Fsp3) is 0.190. The molecule has 0 spiro atoms. The Morgan fingerprint density at radius 1 is 0.964 bits per heavy atom. The van der Waals surface area contributed by atoms with Crippen LogP contribution < -0.4 is 20.1 Å². The van der Waals surface area contributed by atoms with E-state index in [9.17, 15) is 4.79 Å². The molecular weight excluding hydrogens is 356 g/mol. The Hall–Kier alpha value is -3.61. The first kappa shape index (κ1) is 17.8. The molecule has 7 heteroatoms. The fourth-order valence-electron chi connectivity index (χ4n) is 2.76. The van der Waals surface area contributed by atoms with Crippen LogP contribution >= 0.6 is 0 Å². The molecule has 4 rings (SSSR count). The summed E-state index contributed by atoms with van der Waals surface area (Å²) < 4.78 is 10.7. The first-order valence-corrected chi connectivity index (χ1v) is 8.95. The van der Waals surface area contributed by atoms with Gasteiger partial charge in [0.25, 0.3) is 5.91 Å². The number of ether oxygens (including phenoxy) is 2. The lowest BCUT2D eigenvalue weighted by atomic mass is 10.1. The molecule has 28 heavy (non-hydrogen) atoms. The predicted molar refractivity (Wildman–Crippen MR) is 104 cm³/mol. The van der Waals surface area contributed by atoms with Gasteiger partial charge in [0.1, 0.15) is 0 Å².